The number of likely N-dealkylation sites (N-methyl/N-ethyl adjacent to an activating group) is 1. The molecule has 42 heavy (non-hydrogen) atoms. The number of nitrogens with one attached hydrogen (secondary N) is 3. The first-order valence-corrected chi connectivity index (χ1v) is 14.9. The second-order valence-corrected chi connectivity index (χ2v) is 11.6. The minimum atomic E-state index is -0.845. The van der Waals surface area contributed by atoms with Crippen LogP contribution in [0.15, 0.2) is 42.5 Å². The molecular formula is C30H38Cl2FN5O4. The summed E-state index contributed by atoms with van der Waals surface area (Å²) in [7, 11) is 3.16. The number of carbonyl (C=O) groups is 3. The van der Waals surface area contributed by atoms with Crippen molar-refractivity contribution in [2.75, 3.05) is 46.9 Å². The Bertz CT molecular complexity index is 1240. The molecule has 2 saturated heterocycles. The van der Waals surface area contributed by atoms with E-state index in [0.717, 1.165) is 24.1 Å². The van der Waals surface area contributed by atoms with Crippen LogP contribution in [0.25, 0.3) is 0 Å². The topological polar surface area (TPSA) is 103 Å². The highest BCUT2D eigenvalue weighted by Gasteiger charge is 2.39. The molecule has 2 heterocycles. The Labute approximate surface area is 256 Å². The van der Waals surface area contributed by atoms with Crippen LogP contribution in [-0.4, -0.2) is 98.6 Å². The van der Waals surface area contributed by atoms with Gasteiger partial charge in [-0.15, -0.1) is 0 Å². The van der Waals surface area contributed by atoms with Gasteiger partial charge in [0.1, 0.15) is 11.9 Å². The van der Waals surface area contributed by atoms with Gasteiger partial charge < -0.3 is 25.6 Å². The van der Waals surface area contributed by atoms with Crippen molar-refractivity contribution in [3.05, 3.63) is 69.5 Å². The molecule has 4 rings (SSSR count). The van der Waals surface area contributed by atoms with E-state index in [0.29, 0.717) is 42.5 Å². The molecule has 0 saturated carbocycles. The molecule has 2 aromatic carbocycles. The zero-order valence-corrected chi connectivity index (χ0v) is 25.4. The first kappa shape index (κ1) is 32.2. The van der Waals surface area contributed by atoms with Crippen molar-refractivity contribution in [2.45, 2.75) is 49.9 Å². The molecule has 228 valence electrons. The summed E-state index contributed by atoms with van der Waals surface area (Å²) < 4.78 is 19.1. The first-order chi connectivity index (χ1) is 20.2. The molecule has 0 aromatic heterocycles. The number of benzene rings is 2. The van der Waals surface area contributed by atoms with E-state index in [-0.39, 0.29) is 48.7 Å². The molecular weight excluding hydrogens is 584 g/mol. The molecule has 2 aliphatic rings. The molecule has 4 atom stereocenters. The van der Waals surface area contributed by atoms with Crippen molar-refractivity contribution in [1.82, 2.24) is 25.8 Å². The minimum absolute atomic E-state index is 0.150. The predicted octanol–water partition coefficient (Wildman–Crippen LogP) is 2.43. The smallest absolute Gasteiger partial charge is 0.245 e. The third-order valence-electron chi connectivity index (χ3n) is 7.90. The normalized spacial score (nSPS) is 20.6. The van der Waals surface area contributed by atoms with Crippen LogP contribution in [0.2, 0.25) is 10.0 Å². The number of rotatable bonds is 11. The van der Waals surface area contributed by atoms with Gasteiger partial charge in [0.15, 0.2) is 0 Å². The summed E-state index contributed by atoms with van der Waals surface area (Å²) in [5.41, 5.74) is 1.60. The number of carbonyl (C=O) groups excluding carboxylic acids is 3. The summed E-state index contributed by atoms with van der Waals surface area (Å²) in [6.07, 6.45) is 2.22. The molecule has 2 aliphatic heterocycles. The highest BCUT2D eigenvalue weighted by atomic mass is 35.5. The van der Waals surface area contributed by atoms with E-state index in [9.17, 15) is 18.8 Å². The molecule has 0 spiro atoms. The summed E-state index contributed by atoms with van der Waals surface area (Å²) in [5, 5.41) is 9.74. The van der Waals surface area contributed by atoms with Crippen molar-refractivity contribution >= 4 is 40.9 Å². The predicted molar refractivity (Wildman–Crippen MR) is 160 cm³/mol. The van der Waals surface area contributed by atoms with Crippen LogP contribution >= 0.6 is 23.2 Å². The molecule has 4 unspecified atom stereocenters. The summed E-state index contributed by atoms with van der Waals surface area (Å²) in [6.45, 7) is 2.16. The lowest BCUT2D eigenvalue weighted by Gasteiger charge is -2.44. The zero-order valence-electron chi connectivity index (χ0n) is 23.9. The first-order valence-electron chi connectivity index (χ1n) is 14.2. The Morgan fingerprint density at radius 1 is 1.07 bits per heavy atom. The van der Waals surface area contributed by atoms with Crippen molar-refractivity contribution in [3.8, 4) is 0 Å². The van der Waals surface area contributed by atoms with E-state index >= 15 is 0 Å². The maximum absolute atomic E-state index is 14.1. The van der Waals surface area contributed by atoms with Gasteiger partial charge in [-0.3, -0.25) is 19.3 Å². The average molecular weight is 623 g/mol. The summed E-state index contributed by atoms with van der Waals surface area (Å²) in [4.78, 5) is 43.9. The number of methoxy groups -OCH3 is 1. The maximum Gasteiger partial charge on any atom is 0.245 e. The van der Waals surface area contributed by atoms with Gasteiger partial charge >= 0.3 is 0 Å². The number of halogens is 3. The Kier molecular flexibility index (Phi) is 11.6. The lowest BCUT2D eigenvalue weighted by molar-refractivity contribution is -0.144. The Morgan fingerprint density at radius 3 is 2.45 bits per heavy atom. The standard InChI is InChI=1S/C30H38Cl2FN5O4/c1-34-29(40)27(16-20-7-10-23(31)24(32)14-20)37-12-13-38(22(17-37)18-42-2)30(41)26(15-19-5-8-21(33)9-6-19)36-28(39)25-4-3-11-35-25/h5-10,14,22,25-27,35H,3-4,11-13,15-18H2,1-2H3,(H,34,40)(H,36,39). The van der Waals surface area contributed by atoms with Crippen LogP contribution in [0, 0.1) is 5.82 Å². The number of hydrogen-bond donors (Lipinski definition) is 3. The summed E-state index contributed by atoms with van der Waals surface area (Å²) >= 11 is 12.3. The van der Waals surface area contributed by atoms with Gasteiger partial charge in [0.25, 0.3) is 0 Å². The Balaban J connectivity index is 1.53. The van der Waals surface area contributed by atoms with Crippen LogP contribution in [0.5, 0.6) is 0 Å². The van der Waals surface area contributed by atoms with E-state index in [1.165, 1.54) is 12.1 Å². The Morgan fingerprint density at radius 2 is 1.81 bits per heavy atom. The fourth-order valence-electron chi connectivity index (χ4n) is 5.67. The SMILES string of the molecule is CNC(=O)C(Cc1ccc(Cl)c(Cl)c1)N1CCN(C(=O)C(Cc2ccc(F)cc2)NC(=O)C2CCCN2)C(COC)C1. The molecule has 0 aliphatic carbocycles. The van der Waals surface area contributed by atoms with E-state index in [4.69, 9.17) is 27.9 Å². The van der Waals surface area contributed by atoms with Gasteiger partial charge in [0.05, 0.1) is 34.8 Å². The fraction of sp³-hybridized carbons (Fsp3) is 0.500. The lowest BCUT2D eigenvalue weighted by Crippen LogP contribution is -2.64. The molecule has 3 amide bonds. The molecule has 12 heteroatoms. The van der Waals surface area contributed by atoms with E-state index in [2.05, 4.69) is 16.0 Å². The van der Waals surface area contributed by atoms with Gasteiger partial charge in [0.2, 0.25) is 17.7 Å². The van der Waals surface area contributed by atoms with Crippen LogP contribution in [0.1, 0.15) is 24.0 Å². The molecule has 0 bridgehead atoms. The Hall–Kier alpha value is -2.76. The van der Waals surface area contributed by atoms with Crippen molar-refractivity contribution in [2.24, 2.45) is 0 Å². The molecule has 2 aromatic rings. The van der Waals surface area contributed by atoms with Crippen LogP contribution in [-0.2, 0) is 32.0 Å². The second kappa shape index (κ2) is 15.1. The highest BCUT2D eigenvalue weighted by Crippen LogP contribution is 2.25. The quantitative estimate of drug-likeness (QED) is 0.356. The van der Waals surface area contributed by atoms with E-state index < -0.39 is 12.1 Å². The second-order valence-electron chi connectivity index (χ2n) is 10.8. The van der Waals surface area contributed by atoms with Gasteiger partial charge in [-0.1, -0.05) is 41.4 Å². The third kappa shape index (κ3) is 8.20. The number of nitrogens with zero attached hydrogens (tertiary/aromatic N) is 2. The summed E-state index contributed by atoms with van der Waals surface area (Å²) in [6, 6.07) is 9.17. The van der Waals surface area contributed by atoms with Crippen LogP contribution in [0.4, 0.5) is 4.39 Å². The molecule has 9 nitrogen and oxygen atoms in total. The largest absolute Gasteiger partial charge is 0.382 e. The van der Waals surface area contributed by atoms with Gasteiger partial charge in [-0.2, -0.15) is 0 Å². The summed E-state index contributed by atoms with van der Waals surface area (Å²) in [5.74, 6) is -0.990. The van der Waals surface area contributed by atoms with Crippen molar-refractivity contribution in [1.29, 1.82) is 0 Å². The van der Waals surface area contributed by atoms with Gasteiger partial charge in [0, 0.05) is 40.2 Å². The number of amides is 3. The monoisotopic (exact) mass is 621 g/mol. The fourth-order valence-corrected chi connectivity index (χ4v) is 5.99. The van der Waals surface area contributed by atoms with E-state index in [1.54, 1.807) is 43.3 Å². The molecule has 0 radical (unpaired) electrons. The number of hydrogen-bond acceptors (Lipinski definition) is 6. The lowest BCUT2D eigenvalue weighted by atomic mass is 9.99. The molecule has 2 fully saturated rings. The maximum atomic E-state index is 14.1. The average Bonchev–Trinajstić information content (AvgIpc) is 3.53. The van der Waals surface area contributed by atoms with E-state index in [1.807, 2.05) is 11.0 Å². The van der Waals surface area contributed by atoms with Crippen molar-refractivity contribution < 1.29 is 23.5 Å². The van der Waals surface area contributed by atoms with Crippen molar-refractivity contribution in [3.63, 3.8) is 0 Å². The van der Waals surface area contributed by atoms with Gasteiger partial charge in [-0.05, 0) is 61.2 Å². The molecule has 3 N–H and O–H groups in total. The van der Waals surface area contributed by atoms with Gasteiger partial charge in [-0.25, -0.2) is 4.39 Å². The zero-order chi connectivity index (χ0) is 30.2. The minimum Gasteiger partial charge on any atom is -0.382 e. The third-order valence-corrected chi connectivity index (χ3v) is 8.64. The number of ether oxygens (including phenoxy) is 1. The van der Waals surface area contributed by atoms with Crippen LogP contribution < -0.4 is 16.0 Å². The number of piperazine rings is 1. The highest BCUT2D eigenvalue weighted by molar-refractivity contribution is 6.42. The van der Waals surface area contributed by atoms with Crippen LogP contribution in [0.3, 0.4) is 0 Å².